The Kier molecular flexibility index (Phi) is 5.14. The van der Waals surface area contributed by atoms with Crippen molar-refractivity contribution in [1.29, 1.82) is 0 Å². The number of rotatable bonds is 3. The Balaban J connectivity index is 1.82. The predicted octanol–water partition coefficient (Wildman–Crippen LogP) is 5.76. The third-order valence-electron chi connectivity index (χ3n) is 4.97. The summed E-state index contributed by atoms with van der Waals surface area (Å²) in [7, 11) is 0. The number of thioether (sulfide) groups is 1. The molecule has 0 saturated carbocycles. The quantitative estimate of drug-likeness (QED) is 0.602. The van der Waals surface area contributed by atoms with Crippen molar-refractivity contribution >= 4 is 39.9 Å². The molecule has 4 rings (SSSR count). The number of nitrogens with zero attached hydrogens (tertiary/aromatic N) is 1. The van der Waals surface area contributed by atoms with Crippen molar-refractivity contribution < 1.29 is 9.84 Å². The van der Waals surface area contributed by atoms with Gasteiger partial charge in [0, 0.05) is 46.6 Å². The second-order valence-corrected chi connectivity index (χ2v) is 10.3. The lowest BCUT2D eigenvalue weighted by atomic mass is 9.80. The van der Waals surface area contributed by atoms with Crippen LogP contribution in [0.5, 0.6) is 11.5 Å². The number of phenolic OH excluding ortho intramolecular Hbond substituents is 1. The summed E-state index contributed by atoms with van der Waals surface area (Å²) in [5, 5.41) is 17.0. The largest absolute Gasteiger partial charge is 0.506 e. The molecule has 0 bridgehead atoms. The van der Waals surface area contributed by atoms with Gasteiger partial charge in [0.1, 0.15) is 11.5 Å². The molecule has 4 nitrogen and oxygen atoms in total. The molecule has 2 aliphatic rings. The number of amidine groups is 1. The third-order valence-corrected chi connectivity index (χ3v) is 7.13. The first-order valence-corrected chi connectivity index (χ1v) is 11.4. The van der Waals surface area contributed by atoms with Crippen LogP contribution in [0.25, 0.3) is 0 Å². The summed E-state index contributed by atoms with van der Waals surface area (Å²) in [5.74, 6) is 1.58. The van der Waals surface area contributed by atoms with E-state index in [1.165, 1.54) is 4.88 Å². The number of nitrogens with one attached hydrogen (secondary N) is 1. The van der Waals surface area contributed by atoms with E-state index < -0.39 is 5.72 Å². The number of aliphatic imine (C=N–C) groups is 1. The highest BCUT2D eigenvalue weighted by Gasteiger charge is 2.48. The monoisotopic (exact) mass is 434 g/mol. The van der Waals surface area contributed by atoms with E-state index in [1.807, 2.05) is 12.1 Å². The number of benzene rings is 1. The van der Waals surface area contributed by atoms with Crippen molar-refractivity contribution in [3.05, 3.63) is 57.8 Å². The van der Waals surface area contributed by atoms with Gasteiger partial charge in [0.15, 0.2) is 5.17 Å². The SMILES string of the molecule is C=CCSC1=N[C@@]2(C[C@@H](c3cccs3)c3cc(Cl)c(O)cc3O2)CC(C)(C)N1. The number of hydrogen-bond donors (Lipinski definition) is 2. The number of halogens is 1. The molecule has 2 aromatic rings. The van der Waals surface area contributed by atoms with E-state index in [2.05, 4.69) is 43.3 Å². The van der Waals surface area contributed by atoms with E-state index in [1.54, 1.807) is 29.2 Å². The fourth-order valence-electron chi connectivity index (χ4n) is 4.00. The Hall–Kier alpha value is -1.63. The summed E-state index contributed by atoms with van der Waals surface area (Å²) in [6, 6.07) is 7.65. The van der Waals surface area contributed by atoms with Crippen LogP contribution in [0.2, 0.25) is 5.02 Å². The first-order chi connectivity index (χ1) is 13.3. The van der Waals surface area contributed by atoms with E-state index in [4.69, 9.17) is 21.3 Å². The number of phenols is 1. The van der Waals surface area contributed by atoms with Crippen molar-refractivity contribution in [2.45, 2.75) is 43.9 Å². The molecule has 1 aromatic heterocycles. The molecule has 2 atom stereocenters. The second-order valence-electron chi connectivity index (χ2n) is 7.86. The topological polar surface area (TPSA) is 53.9 Å². The Labute approximate surface area is 178 Å². The molecule has 0 aliphatic carbocycles. The molecule has 1 aromatic carbocycles. The molecule has 2 N–H and O–H groups in total. The maximum atomic E-state index is 10.2. The molecular formula is C21H23ClN2O2S2. The zero-order valence-electron chi connectivity index (χ0n) is 15.9. The van der Waals surface area contributed by atoms with Crippen LogP contribution in [0.4, 0.5) is 0 Å². The van der Waals surface area contributed by atoms with Gasteiger partial charge in [-0.2, -0.15) is 0 Å². The lowest BCUT2D eigenvalue weighted by Crippen LogP contribution is -2.57. The van der Waals surface area contributed by atoms with E-state index >= 15 is 0 Å². The van der Waals surface area contributed by atoms with Crippen LogP contribution >= 0.6 is 34.7 Å². The average molecular weight is 435 g/mol. The molecule has 0 fully saturated rings. The highest BCUT2D eigenvalue weighted by atomic mass is 35.5. The van der Waals surface area contributed by atoms with E-state index in [-0.39, 0.29) is 17.2 Å². The van der Waals surface area contributed by atoms with Crippen molar-refractivity contribution in [1.82, 2.24) is 5.32 Å². The fourth-order valence-corrected chi connectivity index (χ4v) is 5.87. The van der Waals surface area contributed by atoms with E-state index in [0.29, 0.717) is 10.8 Å². The zero-order chi connectivity index (χ0) is 19.9. The lowest BCUT2D eigenvalue weighted by molar-refractivity contribution is 0.0137. The Morgan fingerprint density at radius 1 is 1.50 bits per heavy atom. The summed E-state index contributed by atoms with van der Waals surface area (Å²) in [6.45, 7) is 8.13. The predicted molar refractivity (Wildman–Crippen MR) is 119 cm³/mol. The van der Waals surface area contributed by atoms with Crippen LogP contribution in [0.1, 0.15) is 43.0 Å². The average Bonchev–Trinajstić information content (AvgIpc) is 3.14. The lowest BCUT2D eigenvalue weighted by Gasteiger charge is -2.47. The maximum Gasteiger partial charge on any atom is 0.206 e. The normalized spacial score (nSPS) is 25.4. The molecule has 148 valence electrons. The Morgan fingerprint density at radius 2 is 2.32 bits per heavy atom. The minimum Gasteiger partial charge on any atom is -0.506 e. The van der Waals surface area contributed by atoms with Gasteiger partial charge >= 0.3 is 0 Å². The number of fused-ring (bicyclic) bond motifs is 1. The van der Waals surface area contributed by atoms with Gasteiger partial charge in [-0.3, -0.25) is 0 Å². The van der Waals surface area contributed by atoms with E-state index in [9.17, 15) is 5.11 Å². The zero-order valence-corrected chi connectivity index (χ0v) is 18.3. The molecule has 0 unspecified atom stereocenters. The number of hydrogen-bond acceptors (Lipinski definition) is 6. The van der Waals surface area contributed by atoms with Crippen LogP contribution in [0.15, 0.2) is 47.3 Å². The van der Waals surface area contributed by atoms with Crippen LogP contribution < -0.4 is 10.1 Å². The smallest absolute Gasteiger partial charge is 0.206 e. The second kappa shape index (κ2) is 7.32. The summed E-state index contributed by atoms with van der Waals surface area (Å²) in [6.07, 6.45) is 3.32. The van der Waals surface area contributed by atoms with Crippen molar-refractivity contribution in [2.75, 3.05) is 5.75 Å². The Morgan fingerprint density at radius 3 is 3.04 bits per heavy atom. The molecule has 2 aliphatic heterocycles. The molecular weight excluding hydrogens is 412 g/mol. The van der Waals surface area contributed by atoms with Gasteiger partial charge in [-0.05, 0) is 31.4 Å². The van der Waals surface area contributed by atoms with Crippen LogP contribution in [0, 0.1) is 0 Å². The first-order valence-electron chi connectivity index (χ1n) is 9.17. The highest BCUT2D eigenvalue weighted by Crippen LogP contribution is 2.51. The van der Waals surface area contributed by atoms with Gasteiger partial charge in [0.25, 0.3) is 0 Å². The standard InChI is InChI=1S/C21H23ClN2O2S2/c1-4-7-28-19-23-20(2,3)12-21(24-19)11-14(18-6-5-8-27-18)13-9-15(22)16(25)10-17(13)26-21/h4-6,8-10,14,25H,1,7,11-12H2,2-3H3,(H,23,24)/t14-,21-/m1/s1. The Bertz CT molecular complexity index is 927. The fraction of sp³-hybridized carbons (Fsp3) is 0.381. The summed E-state index contributed by atoms with van der Waals surface area (Å²) in [4.78, 5) is 6.25. The molecule has 1 spiro atoms. The maximum absolute atomic E-state index is 10.2. The highest BCUT2D eigenvalue weighted by molar-refractivity contribution is 8.13. The molecule has 0 saturated heterocycles. The van der Waals surface area contributed by atoms with Gasteiger partial charge in [0.05, 0.1) is 5.02 Å². The number of ether oxygens (including phenoxy) is 1. The van der Waals surface area contributed by atoms with Gasteiger partial charge < -0.3 is 15.2 Å². The third kappa shape index (κ3) is 3.78. The van der Waals surface area contributed by atoms with Gasteiger partial charge in [0.2, 0.25) is 5.72 Å². The van der Waals surface area contributed by atoms with E-state index in [0.717, 1.165) is 29.3 Å². The van der Waals surface area contributed by atoms with Crippen LogP contribution in [-0.2, 0) is 0 Å². The van der Waals surface area contributed by atoms with Gasteiger partial charge in [-0.15, -0.1) is 17.9 Å². The molecule has 0 radical (unpaired) electrons. The van der Waals surface area contributed by atoms with Crippen LogP contribution in [0.3, 0.4) is 0 Å². The number of thiophene rings is 1. The van der Waals surface area contributed by atoms with Crippen molar-refractivity contribution in [3.8, 4) is 11.5 Å². The summed E-state index contributed by atoms with van der Waals surface area (Å²) in [5.41, 5.74) is 0.139. The summed E-state index contributed by atoms with van der Waals surface area (Å²) >= 11 is 9.57. The van der Waals surface area contributed by atoms with Crippen LogP contribution in [-0.4, -0.2) is 27.3 Å². The first kappa shape index (κ1) is 19.7. The van der Waals surface area contributed by atoms with Gasteiger partial charge in [-0.1, -0.05) is 35.5 Å². The molecule has 7 heteroatoms. The minimum absolute atomic E-state index is 0.0285. The summed E-state index contributed by atoms with van der Waals surface area (Å²) < 4.78 is 6.49. The number of aromatic hydroxyl groups is 1. The van der Waals surface area contributed by atoms with Crippen molar-refractivity contribution in [3.63, 3.8) is 0 Å². The van der Waals surface area contributed by atoms with Gasteiger partial charge in [-0.25, -0.2) is 4.99 Å². The molecule has 3 heterocycles. The minimum atomic E-state index is -0.694. The van der Waals surface area contributed by atoms with Crippen molar-refractivity contribution in [2.24, 2.45) is 4.99 Å². The molecule has 0 amide bonds. The molecule has 28 heavy (non-hydrogen) atoms.